The van der Waals surface area contributed by atoms with E-state index in [4.69, 9.17) is 4.74 Å². The van der Waals surface area contributed by atoms with Crippen LogP contribution in [0.3, 0.4) is 0 Å². The molecule has 2 atom stereocenters. The number of morpholine rings is 1. The summed E-state index contributed by atoms with van der Waals surface area (Å²) >= 11 is 0. The van der Waals surface area contributed by atoms with Gasteiger partial charge in [-0.3, -0.25) is 4.98 Å². The Bertz CT molecular complexity index is 331. The van der Waals surface area contributed by atoms with E-state index in [1.165, 1.54) is 12.3 Å². The third kappa shape index (κ3) is 2.57. The molecule has 2 rings (SSSR count). The van der Waals surface area contributed by atoms with Crippen LogP contribution >= 0.6 is 0 Å². The van der Waals surface area contributed by atoms with E-state index in [0.29, 0.717) is 18.6 Å². The summed E-state index contributed by atoms with van der Waals surface area (Å²) in [6.07, 6.45) is 1.17. The SMILES string of the molecule is CC(C)C1COC(c2ccc(F)cn2)CN1. The van der Waals surface area contributed by atoms with Crippen molar-refractivity contribution < 1.29 is 9.13 Å². The molecule has 1 aliphatic rings. The van der Waals surface area contributed by atoms with Crippen LogP contribution in [0.25, 0.3) is 0 Å². The first kappa shape index (κ1) is 11.5. The molecule has 1 N–H and O–H groups in total. The van der Waals surface area contributed by atoms with Crippen LogP contribution in [0.5, 0.6) is 0 Å². The molecular formula is C12H17FN2O. The van der Waals surface area contributed by atoms with Gasteiger partial charge in [0, 0.05) is 12.6 Å². The normalized spacial score (nSPS) is 26.0. The first-order valence-electron chi connectivity index (χ1n) is 5.63. The number of pyridine rings is 1. The smallest absolute Gasteiger partial charge is 0.141 e. The Balaban J connectivity index is 1.96. The van der Waals surface area contributed by atoms with E-state index in [9.17, 15) is 4.39 Å². The summed E-state index contributed by atoms with van der Waals surface area (Å²) < 4.78 is 18.4. The number of hydrogen-bond donors (Lipinski definition) is 1. The maximum atomic E-state index is 12.7. The molecule has 0 spiro atoms. The minimum absolute atomic E-state index is 0.0596. The van der Waals surface area contributed by atoms with Crippen molar-refractivity contribution in [2.45, 2.75) is 26.0 Å². The van der Waals surface area contributed by atoms with Crippen molar-refractivity contribution in [2.75, 3.05) is 13.2 Å². The number of halogens is 1. The van der Waals surface area contributed by atoms with E-state index in [1.54, 1.807) is 6.07 Å². The van der Waals surface area contributed by atoms with Crippen molar-refractivity contribution in [3.8, 4) is 0 Å². The number of rotatable bonds is 2. The van der Waals surface area contributed by atoms with Crippen molar-refractivity contribution in [3.05, 3.63) is 29.8 Å². The molecule has 1 aromatic heterocycles. The molecular weight excluding hydrogens is 207 g/mol. The number of ether oxygens (including phenoxy) is 1. The lowest BCUT2D eigenvalue weighted by Gasteiger charge is -2.32. The summed E-state index contributed by atoms with van der Waals surface area (Å²) in [6.45, 7) is 5.75. The number of aromatic nitrogens is 1. The first-order valence-corrected chi connectivity index (χ1v) is 5.63. The van der Waals surface area contributed by atoms with Crippen LogP contribution in [0.2, 0.25) is 0 Å². The predicted molar refractivity (Wildman–Crippen MR) is 59.5 cm³/mol. The van der Waals surface area contributed by atoms with Gasteiger partial charge in [0.25, 0.3) is 0 Å². The van der Waals surface area contributed by atoms with Crippen molar-refractivity contribution in [1.29, 1.82) is 0 Å². The summed E-state index contributed by atoms with van der Waals surface area (Å²) in [5.74, 6) is 0.245. The van der Waals surface area contributed by atoms with Gasteiger partial charge in [-0.15, -0.1) is 0 Å². The Morgan fingerprint density at radius 3 is 2.81 bits per heavy atom. The van der Waals surface area contributed by atoms with Crippen molar-refractivity contribution in [3.63, 3.8) is 0 Å². The topological polar surface area (TPSA) is 34.1 Å². The molecule has 4 heteroatoms. The molecule has 3 nitrogen and oxygen atoms in total. The van der Waals surface area contributed by atoms with Gasteiger partial charge in [-0.05, 0) is 18.1 Å². The highest BCUT2D eigenvalue weighted by atomic mass is 19.1. The van der Waals surface area contributed by atoms with Gasteiger partial charge in [0.2, 0.25) is 0 Å². The maximum absolute atomic E-state index is 12.7. The summed E-state index contributed by atoms with van der Waals surface area (Å²) in [5.41, 5.74) is 0.788. The van der Waals surface area contributed by atoms with E-state index in [-0.39, 0.29) is 11.9 Å². The van der Waals surface area contributed by atoms with Crippen molar-refractivity contribution in [2.24, 2.45) is 5.92 Å². The summed E-state index contributed by atoms with van der Waals surface area (Å²) in [5, 5.41) is 3.42. The number of hydrogen-bond acceptors (Lipinski definition) is 3. The van der Waals surface area contributed by atoms with E-state index in [0.717, 1.165) is 12.2 Å². The molecule has 0 radical (unpaired) electrons. The second-order valence-electron chi connectivity index (χ2n) is 4.48. The fourth-order valence-corrected chi connectivity index (χ4v) is 1.79. The molecule has 16 heavy (non-hydrogen) atoms. The number of nitrogens with one attached hydrogen (secondary N) is 1. The molecule has 2 unspecified atom stereocenters. The zero-order valence-electron chi connectivity index (χ0n) is 9.61. The Morgan fingerprint density at radius 2 is 2.31 bits per heavy atom. The van der Waals surface area contributed by atoms with Crippen LogP contribution in [-0.2, 0) is 4.74 Å². The third-order valence-electron chi connectivity index (χ3n) is 2.93. The van der Waals surface area contributed by atoms with Crippen LogP contribution in [0, 0.1) is 11.7 Å². The summed E-state index contributed by atoms with van der Waals surface area (Å²) in [6, 6.07) is 3.49. The fraction of sp³-hybridized carbons (Fsp3) is 0.583. The van der Waals surface area contributed by atoms with Crippen molar-refractivity contribution >= 4 is 0 Å². The van der Waals surface area contributed by atoms with Gasteiger partial charge in [0.1, 0.15) is 11.9 Å². The quantitative estimate of drug-likeness (QED) is 0.833. The molecule has 0 amide bonds. The summed E-state index contributed by atoms with van der Waals surface area (Å²) in [7, 11) is 0. The molecule has 1 fully saturated rings. The molecule has 88 valence electrons. The van der Waals surface area contributed by atoms with Crippen molar-refractivity contribution in [1.82, 2.24) is 10.3 Å². The Kier molecular flexibility index (Phi) is 3.51. The zero-order chi connectivity index (χ0) is 11.5. The second-order valence-corrected chi connectivity index (χ2v) is 4.48. The van der Waals surface area contributed by atoms with Gasteiger partial charge < -0.3 is 10.1 Å². The van der Waals surface area contributed by atoms with E-state index < -0.39 is 0 Å². The van der Waals surface area contributed by atoms with Crippen LogP contribution < -0.4 is 5.32 Å². The zero-order valence-corrected chi connectivity index (χ0v) is 9.61. The lowest BCUT2D eigenvalue weighted by Crippen LogP contribution is -2.45. The average Bonchev–Trinajstić information content (AvgIpc) is 2.30. The third-order valence-corrected chi connectivity index (χ3v) is 2.93. The monoisotopic (exact) mass is 224 g/mol. The predicted octanol–water partition coefficient (Wildman–Crippen LogP) is 1.91. The molecule has 0 aromatic carbocycles. The largest absolute Gasteiger partial charge is 0.369 e. The van der Waals surface area contributed by atoms with Gasteiger partial charge in [-0.25, -0.2) is 4.39 Å². The maximum Gasteiger partial charge on any atom is 0.141 e. The van der Waals surface area contributed by atoms with Crippen LogP contribution in [-0.4, -0.2) is 24.2 Å². The van der Waals surface area contributed by atoms with Gasteiger partial charge in [-0.2, -0.15) is 0 Å². The Morgan fingerprint density at radius 1 is 1.50 bits per heavy atom. The lowest BCUT2D eigenvalue weighted by molar-refractivity contribution is -0.00937. The Labute approximate surface area is 95.0 Å². The molecule has 1 saturated heterocycles. The van der Waals surface area contributed by atoms with Gasteiger partial charge in [-0.1, -0.05) is 13.8 Å². The average molecular weight is 224 g/mol. The molecule has 0 saturated carbocycles. The van der Waals surface area contributed by atoms with Crippen LogP contribution in [0.1, 0.15) is 25.6 Å². The molecule has 1 aliphatic heterocycles. The highest BCUT2D eigenvalue weighted by Crippen LogP contribution is 2.20. The minimum Gasteiger partial charge on any atom is -0.369 e. The Hall–Kier alpha value is -1.00. The highest BCUT2D eigenvalue weighted by Gasteiger charge is 2.24. The highest BCUT2D eigenvalue weighted by molar-refractivity contribution is 5.09. The standard InChI is InChI=1S/C12H17FN2O/c1-8(2)11-7-16-12(6-15-11)10-4-3-9(13)5-14-10/h3-5,8,11-12,15H,6-7H2,1-2H3. The summed E-state index contributed by atoms with van der Waals surface area (Å²) in [4.78, 5) is 4.03. The van der Waals surface area contributed by atoms with Gasteiger partial charge in [0.05, 0.1) is 18.5 Å². The first-order chi connectivity index (χ1) is 7.66. The molecule has 0 bridgehead atoms. The number of nitrogens with zero attached hydrogens (tertiary/aromatic N) is 1. The van der Waals surface area contributed by atoms with E-state index in [2.05, 4.69) is 24.1 Å². The van der Waals surface area contributed by atoms with Crippen LogP contribution in [0.4, 0.5) is 4.39 Å². The van der Waals surface area contributed by atoms with Gasteiger partial charge >= 0.3 is 0 Å². The minimum atomic E-state index is -0.312. The van der Waals surface area contributed by atoms with E-state index in [1.807, 2.05) is 0 Å². The second kappa shape index (κ2) is 4.89. The lowest BCUT2D eigenvalue weighted by atomic mass is 10.0. The molecule has 1 aromatic rings. The van der Waals surface area contributed by atoms with E-state index >= 15 is 0 Å². The molecule has 2 heterocycles. The fourth-order valence-electron chi connectivity index (χ4n) is 1.79. The molecule has 0 aliphatic carbocycles. The van der Waals surface area contributed by atoms with Crippen LogP contribution in [0.15, 0.2) is 18.3 Å². The van der Waals surface area contributed by atoms with Gasteiger partial charge in [0.15, 0.2) is 0 Å².